The molecule has 0 saturated carbocycles. The van der Waals surface area contributed by atoms with Crippen molar-refractivity contribution in [3.8, 4) is 0 Å². The fraction of sp³-hybridized carbons (Fsp3) is 0.348. The van der Waals surface area contributed by atoms with Crippen LogP contribution in [0, 0.1) is 6.92 Å². The van der Waals surface area contributed by atoms with Gasteiger partial charge in [-0.05, 0) is 38.5 Å². The van der Waals surface area contributed by atoms with E-state index in [9.17, 15) is 18.0 Å². The lowest BCUT2D eigenvalue weighted by molar-refractivity contribution is -0.149. The third-order valence-corrected chi connectivity index (χ3v) is 5.97. The van der Waals surface area contributed by atoms with Crippen molar-refractivity contribution in [2.24, 2.45) is 0 Å². The van der Waals surface area contributed by atoms with Gasteiger partial charge in [-0.1, -0.05) is 25.3 Å². The van der Waals surface area contributed by atoms with E-state index in [0.717, 1.165) is 43.4 Å². The SMILES string of the molecule is C=C/C=C\c1c(NC(=C)N2c3nc(C(=O)N[C@H](C)C(F)(F)F)ccc3N3CC[C@H]2C3)n[nH]c1C. The molecule has 1 saturated heterocycles. The number of nitrogens with zero attached hydrogens (tertiary/aromatic N) is 4. The summed E-state index contributed by atoms with van der Waals surface area (Å²) in [6.45, 7) is 12.2. The number of hydrogen-bond donors (Lipinski definition) is 3. The van der Waals surface area contributed by atoms with Crippen molar-refractivity contribution in [3.05, 3.63) is 60.2 Å². The number of allylic oxidation sites excluding steroid dienone is 2. The number of halogens is 3. The van der Waals surface area contributed by atoms with Gasteiger partial charge in [0.15, 0.2) is 11.6 Å². The van der Waals surface area contributed by atoms with E-state index < -0.39 is 18.1 Å². The summed E-state index contributed by atoms with van der Waals surface area (Å²) in [5, 5.41) is 12.4. The van der Waals surface area contributed by atoms with Gasteiger partial charge in [0.25, 0.3) is 5.91 Å². The molecule has 8 nitrogen and oxygen atoms in total. The predicted molar refractivity (Wildman–Crippen MR) is 126 cm³/mol. The number of rotatable bonds is 7. The Morgan fingerprint density at radius 1 is 1.38 bits per heavy atom. The number of aromatic nitrogens is 3. The second-order valence-corrected chi connectivity index (χ2v) is 8.31. The molecule has 3 N–H and O–H groups in total. The third-order valence-electron chi connectivity index (χ3n) is 5.97. The molecule has 2 aliphatic rings. The minimum Gasteiger partial charge on any atom is -0.366 e. The van der Waals surface area contributed by atoms with Gasteiger partial charge in [0, 0.05) is 24.3 Å². The van der Waals surface area contributed by atoms with Gasteiger partial charge < -0.3 is 20.4 Å². The summed E-state index contributed by atoms with van der Waals surface area (Å²) in [7, 11) is 0. The number of pyridine rings is 1. The maximum atomic E-state index is 12.9. The summed E-state index contributed by atoms with van der Waals surface area (Å²) in [4.78, 5) is 21.0. The molecule has 4 heterocycles. The molecular weight excluding hydrogens is 447 g/mol. The second kappa shape index (κ2) is 8.88. The molecule has 2 aromatic heterocycles. The van der Waals surface area contributed by atoms with Crippen LogP contribution in [0.4, 0.5) is 30.5 Å². The Morgan fingerprint density at radius 3 is 2.85 bits per heavy atom. The minimum absolute atomic E-state index is 0.0413. The molecule has 11 heteroatoms. The standard InChI is InChI=1S/C23H26F3N7O/c1-5-6-7-17-13(2)30-31-20(17)28-15(4)33-16-10-11-32(12-16)19-9-8-18(29-21(19)33)22(34)27-14(3)23(24,25)26/h5-9,14,16H,1,4,10-12H2,2-3H3,(H,27,34)(H2,28,30,31)/b7-6-/t14-,16+/m1/s1. The van der Waals surface area contributed by atoms with E-state index in [-0.39, 0.29) is 11.7 Å². The third kappa shape index (κ3) is 4.37. The molecule has 0 unspecified atom stereocenters. The highest BCUT2D eigenvalue weighted by molar-refractivity contribution is 5.94. The Bertz CT molecular complexity index is 1150. The number of carbonyl (C=O) groups is 1. The molecule has 2 aromatic rings. The van der Waals surface area contributed by atoms with Crippen LogP contribution < -0.4 is 20.4 Å². The normalized spacial score (nSPS) is 18.1. The number of alkyl halides is 3. The van der Waals surface area contributed by atoms with Crippen molar-refractivity contribution in [2.75, 3.05) is 28.2 Å². The molecular formula is C23H26F3N7O. The van der Waals surface area contributed by atoms with Crippen molar-refractivity contribution in [1.82, 2.24) is 20.5 Å². The molecule has 2 aliphatic heterocycles. The largest absolute Gasteiger partial charge is 0.408 e. The van der Waals surface area contributed by atoms with E-state index >= 15 is 0 Å². The molecule has 34 heavy (non-hydrogen) atoms. The summed E-state index contributed by atoms with van der Waals surface area (Å²) < 4.78 is 38.7. The van der Waals surface area contributed by atoms with Gasteiger partial charge in [-0.15, -0.1) is 0 Å². The topological polar surface area (TPSA) is 89.2 Å². The van der Waals surface area contributed by atoms with Gasteiger partial charge in [0.1, 0.15) is 17.6 Å². The van der Waals surface area contributed by atoms with Gasteiger partial charge in [-0.2, -0.15) is 18.3 Å². The van der Waals surface area contributed by atoms with Crippen LogP contribution in [0.2, 0.25) is 0 Å². The van der Waals surface area contributed by atoms with E-state index in [2.05, 4.69) is 38.6 Å². The lowest BCUT2D eigenvalue weighted by Crippen LogP contribution is -2.45. The average Bonchev–Trinajstić information content (AvgIpc) is 3.35. The quantitative estimate of drug-likeness (QED) is 0.528. The van der Waals surface area contributed by atoms with Crippen molar-refractivity contribution in [3.63, 3.8) is 0 Å². The number of fused-ring (bicyclic) bond motifs is 4. The zero-order valence-electron chi connectivity index (χ0n) is 18.9. The van der Waals surface area contributed by atoms with Crippen LogP contribution in [0.1, 0.15) is 35.1 Å². The lowest BCUT2D eigenvalue weighted by atomic mass is 10.1. The Balaban J connectivity index is 1.64. The summed E-state index contributed by atoms with van der Waals surface area (Å²) in [6, 6.07) is 1.21. The zero-order valence-corrected chi connectivity index (χ0v) is 18.9. The molecule has 0 spiro atoms. The maximum absolute atomic E-state index is 12.9. The van der Waals surface area contributed by atoms with Gasteiger partial charge in [-0.3, -0.25) is 9.89 Å². The summed E-state index contributed by atoms with van der Waals surface area (Å²) in [5.41, 5.74) is 2.39. The van der Waals surface area contributed by atoms with Crippen LogP contribution in [-0.2, 0) is 0 Å². The van der Waals surface area contributed by atoms with Crippen LogP contribution in [0.25, 0.3) is 6.08 Å². The first-order valence-electron chi connectivity index (χ1n) is 10.8. The van der Waals surface area contributed by atoms with E-state index in [1.165, 1.54) is 6.07 Å². The zero-order chi connectivity index (χ0) is 24.6. The Labute approximate surface area is 195 Å². The second-order valence-electron chi connectivity index (χ2n) is 8.31. The molecule has 2 atom stereocenters. The van der Waals surface area contributed by atoms with E-state index in [1.54, 1.807) is 18.2 Å². The first kappa shape index (κ1) is 23.4. The number of aryl methyl sites for hydroxylation is 1. The summed E-state index contributed by atoms with van der Waals surface area (Å²) >= 11 is 0. The number of nitrogens with one attached hydrogen (secondary N) is 3. The maximum Gasteiger partial charge on any atom is 0.408 e. The molecule has 4 rings (SSSR count). The van der Waals surface area contributed by atoms with Gasteiger partial charge in [-0.25, -0.2) is 4.98 Å². The van der Waals surface area contributed by atoms with E-state index in [1.807, 2.05) is 23.2 Å². The molecule has 1 fully saturated rings. The van der Waals surface area contributed by atoms with Gasteiger partial charge in [0.05, 0.1) is 11.7 Å². The number of aromatic amines is 1. The predicted octanol–water partition coefficient (Wildman–Crippen LogP) is 3.97. The van der Waals surface area contributed by atoms with Crippen molar-refractivity contribution in [2.45, 2.75) is 38.5 Å². The van der Waals surface area contributed by atoms with Crippen LogP contribution in [0.5, 0.6) is 0 Å². The monoisotopic (exact) mass is 473 g/mol. The number of amides is 1. The van der Waals surface area contributed by atoms with E-state index in [0.29, 0.717) is 17.5 Å². The average molecular weight is 474 g/mol. The fourth-order valence-corrected chi connectivity index (χ4v) is 4.13. The Morgan fingerprint density at radius 2 is 2.15 bits per heavy atom. The highest BCUT2D eigenvalue weighted by atomic mass is 19.4. The number of hydrogen-bond acceptors (Lipinski definition) is 6. The Hall–Kier alpha value is -3.76. The lowest BCUT2D eigenvalue weighted by Gasteiger charge is -2.38. The molecule has 0 radical (unpaired) electrons. The van der Waals surface area contributed by atoms with E-state index in [4.69, 9.17) is 0 Å². The van der Waals surface area contributed by atoms with Gasteiger partial charge >= 0.3 is 6.18 Å². The molecule has 0 aliphatic carbocycles. The molecule has 0 aromatic carbocycles. The van der Waals surface area contributed by atoms with Crippen molar-refractivity contribution in [1.29, 1.82) is 0 Å². The molecule has 180 valence electrons. The fourth-order valence-electron chi connectivity index (χ4n) is 4.13. The minimum atomic E-state index is -4.54. The smallest absolute Gasteiger partial charge is 0.366 e. The van der Waals surface area contributed by atoms with Crippen LogP contribution in [-0.4, -0.2) is 52.4 Å². The number of carbonyl (C=O) groups excluding carboxylic acids is 1. The highest BCUT2D eigenvalue weighted by Crippen LogP contribution is 2.41. The van der Waals surface area contributed by atoms with Crippen LogP contribution in [0.15, 0.2) is 43.3 Å². The summed E-state index contributed by atoms with van der Waals surface area (Å²) in [5.74, 6) is 0.643. The Kier molecular flexibility index (Phi) is 6.11. The van der Waals surface area contributed by atoms with Crippen molar-refractivity contribution < 1.29 is 18.0 Å². The number of anilines is 3. The number of H-pyrrole nitrogens is 1. The van der Waals surface area contributed by atoms with Gasteiger partial charge in [0.2, 0.25) is 0 Å². The summed E-state index contributed by atoms with van der Waals surface area (Å²) in [6.07, 6.45) is 1.62. The van der Waals surface area contributed by atoms with Crippen molar-refractivity contribution >= 4 is 29.3 Å². The molecule has 1 amide bonds. The molecule has 2 bridgehead atoms. The highest BCUT2D eigenvalue weighted by Gasteiger charge is 2.40. The van der Waals surface area contributed by atoms with Crippen LogP contribution in [0.3, 0.4) is 0 Å². The van der Waals surface area contributed by atoms with Crippen LogP contribution >= 0.6 is 0 Å². The first-order valence-corrected chi connectivity index (χ1v) is 10.8. The first-order chi connectivity index (χ1) is 16.1.